The van der Waals surface area contributed by atoms with Crippen molar-refractivity contribution in [3.05, 3.63) is 52.4 Å². The van der Waals surface area contributed by atoms with Crippen molar-refractivity contribution in [1.82, 2.24) is 0 Å². The predicted molar refractivity (Wildman–Crippen MR) is 96.2 cm³/mol. The Kier molecular flexibility index (Phi) is 5.11. The standard InChI is InChI=1S/C20H20O6/c1-12(2)10-24-17(21)11-25-20-18(22)14-9-13(3)6-7-15(14)26-19(20)16-5-4-8-23-16/h4-9,12H,10-11H2,1-3H3. The highest BCUT2D eigenvalue weighted by atomic mass is 16.6. The van der Waals surface area contributed by atoms with Crippen molar-refractivity contribution in [3.8, 4) is 17.3 Å². The zero-order valence-electron chi connectivity index (χ0n) is 14.9. The summed E-state index contributed by atoms with van der Waals surface area (Å²) in [6.45, 7) is 5.65. The van der Waals surface area contributed by atoms with Crippen LogP contribution in [0.2, 0.25) is 0 Å². The van der Waals surface area contributed by atoms with Crippen LogP contribution in [0.15, 0.2) is 50.2 Å². The number of ether oxygens (including phenoxy) is 2. The van der Waals surface area contributed by atoms with Gasteiger partial charge in [0.05, 0.1) is 18.3 Å². The molecule has 26 heavy (non-hydrogen) atoms. The molecule has 6 nitrogen and oxygen atoms in total. The first-order valence-corrected chi connectivity index (χ1v) is 8.35. The van der Waals surface area contributed by atoms with Crippen molar-refractivity contribution in [2.75, 3.05) is 13.2 Å². The molecule has 0 spiro atoms. The fourth-order valence-corrected chi connectivity index (χ4v) is 2.43. The lowest BCUT2D eigenvalue weighted by atomic mass is 10.1. The van der Waals surface area contributed by atoms with E-state index in [0.29, 0.717) is 23.3 Å². The van der Waals surface area contributed by atoms with Crippen LogP contribution in [0, 0.1) is 12.8 Å². The van der Waals surface area contributed by atoms with Crippen LogP contribution in [-0.2, 0) is 9.53 Å². The van der Waals surface area contributed by atoms with Crippen molar-refractivity contribution in [3.63, 3.8) is 0 Å². The molecule has 6 heteroatoms. The molecule has 0 unspecified atom stereocenters. The minimum absolute atomic E-state index is 0.0699. The van der Waals surface area contributed by atoms with Gasteiger partial charge in [-0.25, -0.2) is 4.79 Å². The van der Waals surface area contributed by atoms with E-state index >= 15 is 0 Å². The third-order valence-corrected chi connectivity index (χ3v) is 3.66. The fourth-order valence-electron chi connectivity index (χ4n) is 2.43. The van der Waals surface area contributed by atoms with Gasteiger partial charge in [-0.15, -0.1) is 0 Å². The number of carbonyl (C=O) groups excluding carboxylic acids is 1. The molecule has 0 bridgehead atoms. The second-order valence-corrected chi connectivity index (χ2v) is 6.43. The number of esters is 1. The van der Waals surface area contributed by atoms with Gasteiger partial charge in [0.2, 0.25) is 16.9 Å². The second kappa shape index (κ2) is 7.47. The second-order valence-electron chi connectivity index (χ2n) is 6.43. The van der Waals surface area contributed by atoms with E-state index in [4.69, 9.17) is 18.3 Å². The maximum absolute atomic E-state index is 12.9. The summed E-state index contributed by atoms with van der Waals surface area (Å²) in [5, 5.41) is 0.380. The van der Waals surface area contributed by atoms with E-state index in [1.54, 1.807) is 24.3 Å². The number of hydrogen-bond acceptors (Lipinski definition) is 6. The molecule has 0 radical (unpaired) electrons. The Labute approximate surface area is 150 Å². The molecule has 136 valence electrons. The summed E-state index contributed by atoms with van der Waals surface area (Å²) in [6.07, 6.45) is 1.47. The zero-order valence-corrected chi connectivity index (χ0v) is 14.9. The predicted octanol–water partition coefficient (Wildman–Crippen LogP) is 3.94. The van der Waals surface area contributed by atoms with Gasteiger partial charge in [0, 0.05) is 0 Å². The molecule has 2 heterocycles. The first-order chi connectivity index (χ1) is 12.5. The number of rotatable bonds is 6. The molecule has 1 aromatic carbocycles. The molecule has 0 aliphatic carbocycles. The van der Waals surface area contributed by atoms with Crippen LogP contribution in [0.3, 0.4) is 0 Å². The number of carbonyl (C=O) groups is 1. The summed E-state index contributed by atoms with van der Waals surface area (Å²) in [4.78, 5) is 24.7. The van der Waals surface area contributed by atoms with Crippen LogP contribution in [0.5, 0.6) is 5.75 Å². The van der Waals surface area contributed by atoms with Crippen LogP contribution in [0.1, 0.15) is 19.4 Å². The van der Waals surface area contributed by atoms with Gasteiger partial charge in [-0.3, -0.25) is 4.79 Å². The lowest BCUT2D eigenvalue weighted by molar-refractivity contribution is -0.147. The van der Waals surface area contributed by atoms with E-state index in [1.807, 2.05) is 26.8 Å². The lowest BCUT2D eigenvalue weighted by Gasteiger charge is -2.11. The molecule has 0 aliphatic heterocycles. The summed E-state index contributed by atoms with van der Waals surface area (Å²) in [5.74, 6) is 0.0851. The van der Waals surface area contributed by atoms with Crippen molar-refractivity contribution >= 4 is 16.9 Å². The molecule has 2 aromatic heterocycles. The maximum Gasteiger partial charge on any atom is 0.344 e. The summed E-state index contributed by atoms with van der Waals surface area (Å²) in [5.41, 5.74) is 0.970. The highest BCUT2D eigenvalue weighted by Gasteiger charge is 2.21. The van der Waals surface area contributed by atoms with Crippen LogP contribution < -0.4 is 10.2 Å². The van der Waals surface area contributed by atoms with E-state index in [1.165, 1.54) is 6.26 Å². The zero-order chi connectivity index (χ0) is 18.7. The summed E-state index contributed by atoms with van der Waals surface area (Å²) < 4.78 is 21.8. The summed E-state index contributed by atoms with van der Waals surface area (Å²) >= 11 is 0. The minimum atomic E-state index is -0.548. The quantitative estimate of drug-likeness (QED) is 0.623. The molecule has 3 aromatic rings. The van der Waals surface area contributed by atoms with Gasteiger partial charge in [0.25, 0.3) is 0 Å². The van der Waals surface area contributed by atoms with E-state index in [-0.39, 0.29) is 29.5 Å². The number of benzene rings is 1. The smallest absolute Gasteiger partial charge is 0.344 e. The van der Waals surface area contributed by atoms with Gasteiger partial charge in [0.1, 0.15) is 5.58 Å². The molecular weight excluding hydrogens is 336 g/mol. The number of hydrogen-bond donors (Lipinski definition) is 0. The molecule has 0 aliphatic rings. The van der Waals surface area contributed by atoms with Gasteiger partial charge >= 0.3 is 5.97 Å². The average Bonchev–Trinajstić information content (AvgIpc) is 3.14. The Morgan fingerprint density at radius 1 is 1.23 bits per heavy atom. The number of aryl methyl sites for hydroxylation is 1. The summed E-state index contributed by atoms with van der Waals surface area (Å²) in [7, 11) is 0. The Morgan fingerprint density at radius 3 is 2.73 bits per heavy atom. The van der Waals surface area contributed by atoms with E-state index < -0.39 is 5.97 Å². The molecule has 0 amide bonds. The van der Waals surface area contributed by atoms with Gasteiger partial charge in [-0.2, -0.15) is 0 Å². The molecular formula is C20H20O6. The van der Waals surface area contributed by atoms with E-state index in [0.717, 1.165) is 5.56 Å². The highest BCUT2D eigenvalue weighted by Crippen LogP contribution is 2.31. The highest BCUT2D eigenvalue weighted by molar-refractivity contribution is 5.82. The fraction of sp³-hybridized carbons (Fsp3) is 0.300. The Bertz CT molecular complexity index is 966. The third-order valence-electron chi connectivity index (χ3n) is 3.66. The van der Waals surface area contributed by atoms with Crippen molar-refractivity contribution in [2.24, 2.45) is 5.92 Å². The largest absolute Gasteiger partial charge is 0.474 e. The third kappa shape index (κ3) is 3.79. The van der Waals surface area contributed by atoms with Crippen LogP contribution in [0.4, 0.5) is 0 Å². The SMILES string of the molecule is Cc1ccc2oc(-c3ccco3)c(OCC(=O)OCC(C)C)c(=O)c2c1. The van der Waals surface area contributed by atoms with E-state index in [2.05, 4.69) is 0 Å². The minimum Gasteiger partial charge on any atom is -0.474 e. The van der Waals surface area contributed by atoms with Gasteiger partial charge in [-0.1, -0.05) is 25.5 Å². The molecule has 3 rings (SSSR count). The summed E-state index contributed by atoms with van der Waals surface area (Å²) in [6, 6.07) is 8.62. The Balaban J connectivity index is 1.99. The van der Waals surface area contributed by atoms with Crippen molar-refractivity contribution < 1.29 is 23.1 Å². The van der Waals surface area contributed by atoms with Crippen LogP contribution in [-0.4, -0.2) is 19.2 Å². The van der Waals surface area contributed by atoms with E-state index in [9.17, 15) is 9.59 Å². The number of furan rings is 1. The van der Waals surface area contributed by atoms with Crippen molar-refractivity contribution in [1.29, 1.82) is 0 Å². The molecule has 0 atom stereocenters. The van der Waals surface area contributed by atoms with Crippen molar-refractivity contribution in [2.45, 2.75) is 20.8 Å². The lowest BCUT2D eigenvalue weighted by Crippen LogP contribution is -2.20. The molecule has 0 N–H and O–H groups in total. The van der Waals surface area contributed by atoms with Crippen LogP contribution >= 0.6 is 0 Å². The first kappa shape index (κ1) is 17.8. The monoisotopic (exact) mass is 356 g/mol. The Hall–Kier alpha value is -3.02. The van der Waals surface area contributed by atoms with Gasteiger partial charge < -0.3 is 18.3 Å². The van der Waals surface area contributed by atoms with Crippen LogP contribution in [0.25, 0.3) is 22.5 Å². The molecule has 0 fully saturated rings. The first-order valence-electron chi connectivity index (χ1n) is 8.35. The van der Waals surface area contributed by atoms with Gasteiger partial charge in [0.15, 0.2) is 12.4 Å². The normalized spacial score (nSPS) is 11.1. The maximum atomic E-state index is 12.9. The molecule has 0 saturated carbocycles. The average molecular weight is 356 g/mol. The number of fused-ring (bicyclic) bond motifs is 1. The van der Waals surface area contributed by atoms with Gasteiger partial charge in [-0.05, 0) is 37.1 Å². The molecule has 0 saturated heterocycles. The topological polar surface area (TPSA) is 78.9 Å². The Morgan fingerprint density at radius 2 is 2.04 bits per heavy atom.